The van der Waals surface area contributed by atoms with Crippen LogP contribution in [0.2, 0.25) is 0 Å². The number of benzene rings is 1. The predicted octanol–water partition coefficient (Wildman–Crippen LogP) is 1.70. The van der Waals surface area contributed by atoms with Gasteiger partial charge in [-0.3, -0.25) is 0 Å². The SMILES string of the molecule is N/C(=N\OCc1ccn(-c2ccccc2)n1)C1CCOC1. The quantitative estimate of drug-likeness (QED) is 0.516. The van der Waals surface area contributed by atoms with E-state index in [-0.39, 0.29) is 5.92 Å². The lowest BCUT2D eigenvalue weighted by atomic mass is 10.1. The van der Waals surface area contributed by atoms with Gasteiger partial charge in [0, 0.05) is 18.7 Å². The van der Waals surface area contributed by atoms with Crippen LogP contribution < -0.4 is 5.73 Å². The maximum absolute atomic E-state index is 5.86. The Kier molecular flexibility index (Phi) is 4.16. The van der Waals surface area contributed by atoms with Crippen LogP contribution in [0.4, 0.5) is 0 Å². The topological polar surface area (TPSA) is 74.7 Å². The van der Waals surface area contributed by atoms with Crippen molar-refractivity contribution in [3.8, 4) is 5.69 Å². The Bertz CT molecular complexity index is 603. The first-order chi connectivity index (χ1) is 10.3. The summed E-state index contributed by atoms with van der Waals surface area (Å²) in [5.41, 5.74) is 7.67. The number of rotatable bonds is 5. The van der Waals surface area contributed by atoms with E-state index >= 15 is 0 Å². The number of oxime groups is 1. The van der Waals surface area contributed by atoms with Gasteiger partial charge in [-0.05, 0) is 24.6 Å². The number of hydrogen-bond donors (Lipinski definition) is 1. The molecule has 0 spiro atoms. The van der Waals surface area contributed by atoms with Gasteiger partial charge in [0.05, 0.1) is 12.3 Å². The average Bonchev–Trinajstić information content (AvgIpc) is 3.20. The van der Waals surface area contributed by atoms with Crippen molar-refractivity contribution in [3.63, 3.8) is 0 Å². The minimum atomic E-state index is 0.173. The van der Waals surface area contributed by atoms with E-state index in [0.717, 1.165) is 24.4 Å². The Labute approximate surface area is 123 Å². The molecule has 1 aliphatic rings. The minimum absolute atomic E-state index is 0.173. The van der Waals surface area contributed by atoms with Gasteiger partial charge in [0.2, 0.25) is 0 Å². The summed E-state index contributed by atoms with van der Waals surface area (Å²) in [5.74, 6) is 0.668. The highest BCUT2D eigenvalue weighted by atomic mass is 16.6. The second-order valence-corrected chi connectivity index (χ2v) is 4.94. The molecule has 1 aromatic carbocycles. The number of amidine groups is 1. The fourth-order valence-corrected chi connectivity index (χ4v) is 2.18. The molecule has 1 aromatic heterocycles. The first-order valence-electron chi connectivity index (χ1n) is 6.96. The van der Waals surface area contributed by atoms with E-state index in [1.54, 1.807) is 4.68 Å². The van der Waals surface area contributed by atoms with Crippen LogP contribution in [-0.2, 0) is 16.2 Å². The second-order valence-electron chi connectivity index (χ2n) is 4.94. The van der Waals surface area contributed by atoms with Crippen LogP contribution in [0.3, 0.4) is 0 Å². The zero-order valence-corrected chi connectivity index (χ0v) is 11.7. The molecule has 2 N–H and O–H groups in total. The largest absolute Gasteiger partial charge is 0.388 e. The number of hydrogen-bond acceptors (Lipinski definition) is 4. The molecule has 0 amide bonds. The van der Waals surface area contributed by atoms with Crippen LogP contribution in [0, 0.1) is 5.92 Å². The van der Waals surface area contributed by atoms with Gasteiger partial charge in [0.15, 0.2) is 6.61 Å². The molecule has 3 rings (SSSR count). The minimum Gasteiger partial charge on any atom is -0.388 e. The van der Waals surface area contributed by atoms with Gasteiger partial charge in [0.1, 0.15) is 11.5 Å². The van der Waals surface area contributed by atoms with Crippen molar-refractivity contribution in [2.75, 3.05) is 13.2 Å². The molecule has 110 valence electrons. The summed E-state index contributed by atoms with van der Waals surface area (Å²) in [6.45, 7) is 1.66. The number of nitrogens with two attached hydrogens (primary N) is 1. The Hall–Kier alpha value is -2.34. The maximum atomic E-state index is 5.86. The zero-order valence-electron chi connectivity index (χ0n) is 11.7. The molecule has 1 fully saturated rings. The van der Waals surface area contributed by atoms with E-state index < -0.39 is 0 Å². The fraction of sp³-hybridized carbons (Fsp3) is 0.333. The standard InChI is InChI=1S/C15H18N4O2/c16-15(12-7-9-20-10-12)18-21-11-13-6-8-19(17-13)14-4-2-1-3-5-14/h1-6,8,12H,7,9-11H2,(H2,16,18). The normalized spacial score (nSPS) is 18.9. The molecular formula is C15H18N4O2. The van der Waals surface area contributed by atoms with Gasteiger partial charge in [-0.1, -0.05) is 23.4 Å². The van der Waals surface area contributed by atoms with E-state index in [2.05, 4.69) is 10.3 Å². The van der Waals surface area contributed by atoms with Crippen molar-refractivity contribution in [1.29, 1.82) is 0 Å². The molecule has 6 nitrogen and oxygen atoms in total. The highest BCUT2D eigenvalue weighted by Crippen LogP contribution is 2.12. The van der Waals surface area contributed by atoms with Crippen LogP contribution in [0.1, 0.15) is 12.1 Å². The van der Waals surface area contributed by atoms with Crippen molar-refractivity contribution in [2.45, 2.75) is 13.0 Å². The predicted molar refractivity (Wildman–Crippen MR) is 78.9 cm³/mol. The molecule has 0 radical (unpaired) electrons. The molecule has 1 aliphatic heterocycles. The first-order valence-corrected chi connectivity index (χ1v) is 6.96. The van der Waals surface area contributed by atoms with Gasteiger partial charge >= 0.3 is 0 Å². The summed E-state index contributed by atoms with van der Waals surface area (Å²) >= 11 is 0. The van der Waals surface area contributed by atoms with Gasteiger partial charge < -0.3 is 15.3 Å². The molecule has 0 aliphatic carbocycles. The van der Waals surface area contributed by atoms with Crippen molar-refractivity contribution in [2.24, 2.45) is 16.8 Å². The number of ether oxygens (including phenoxy) is 1. The molecule has 0 saturated carbocycles. The maximum Gasteiger partial charge on any atom is 0.161 e. The number of nitrogens with zero attached hydrogens (tertiary/aromatic N) is 3. The lowest BCUT2D eigenvalue weighted by Crippen LogP contribution is -2.24. The Morgan fingerprint density at radius 1 is 1.38 bits per heavy atom. The summed E-state index contributed by atoms with van der Waals surface area (Å²) in [5, 5.41) is 8.38. The molecule has 1 atom stereocenters. The molecule has 21 heavy (non-hydrogen) atoms. The van der Waals surface area contributed by atoms with E-state index in [1.807, 2.05) is 42.6 Å². The van der Waals surface area contributed by atoms with Crippen molar-refractivity contribution in [1.82, 2.24) is 9.78 Å². The molecule has 1 unspecified atom stereocenters. The zero-order chi connectivity index (χ0) is 14.5. The van der Waals surface area contributed by atoms with E-state index in [1.165, 1.54) is 0 Å². The highest BCUT2D eigenvalue weighted by Gasteiger charge is 2.19. The van der Waals surface area contributed by atoms with Gasteiger partial charge in [0.25, 0.3) is 0 Å². The Morgan fingerprint density at radius 2 is 2.24 bits per heavy atom. The summed E-state index contributed by atoms with van der Waals surface area (Å²) < 4.78 is 7.07. The lowest BCUT2D eigenvalue weighted by Gasteiger charge is -2.05. The van der Waals surface area contributed by atoms with Gasteiger partial charge in [-0.15, -0.1) is 0 Å². The lowest BCUT2D eigenvalue weighted by molar-refractivity contribution is 0.124. The van der Waals surface area contributed by atoms with Gasteiger partial charge in [-0.25, -0.2) is 4.68 Å². The second kappa shape index (κ2) is 6.41. The summed E-state index contributed by atoms with van der Waals surface area (Å²) in [6.07, 6.45) is 2.80. The monoisotopic (exact) mass is 286 g/mol. The summed E-state index contributed by atoms with van der Waals surface area (Å²) in [6, 6.07) is 11.8. The fourth-order valence-electron chi connectivity index (χ4n) is 2.18. The molecule has 2 aromatic rings. The molecule has 1 saturated heterocycles. The number of aromatic nitrogens is 2. The van der Waals surface area contributed by atoms with Crippen molar-refractivity contribution >= 4 is 5.84 Å². The molecule has 2 heterocycles. The van der Waals surface area contributed by atoms with Crippen LogP contribution in [-0.4, -0.2) is 28.8 Å². The van der Waals surface area contributed by atoms with Crippen LogP contribution in [0.5, 0.6) is 0 Å². The summed E-state index contributed by atoms with van der Waals surface area (Å²) in [4.78, 5) is 5.27. The average molecular weight is 286 g/mol. The smallest absolute Gasteiger partial charge is 0.161 e. The molecule has 6 heteroatoms. The van der Waals surface area contributed by atoms with Gasteiger partial charge in [-0.2, -0.15) is 5.10 Å². The van der Waals surface area contributed by atoms with Crippen molar-refractivity contribution < 1.29 is 9.57 Å². The van der Waals surface area contributed by atoms with Crippen LogP contribution in [0.15, 0.2) is 47.8 Å². The van der Waals surface area contributed by atoms with E-state index in [0.29, 0.717) is 19.0 Å². The third kappa shape index (κ3) is 3.41. The Morgan fingerprint density at radius 3 is 3.00 bits per heavy atom. The third-order valence-electron chi connectivity index (χ3n) is 3.40. The third-order valence-corrected chi connectivity index (χ3v) is 3.40. The number of para-hydroxylation sites is 1. The van der Waals surface area contributed by atoms with Crippen LogP contribution in [0.25, 0.3) is 5.69 Å². The highest BCUT2D eigenvalue weighted by molar-refractivity contribution is 5.82. The van der Waals surface area contributed by atoms with E-state index in [9.17, 15) is 0 Å². The molecular weight excluding hydrogens is 268 g/mol. The molecule has 0 bridgehead atoms. The van der Waals surface area contributed by atoms with Crippen LogP contribution >= 0.6 is 0 Å². The Balaban J connectivity index is 1.56. The van der Waals surface area contributed by atoms with Crippen molar-refractivity contribution in [3.05, 3.63) is 48.3 Å². The first kappa shape index (κ1) is 13.6. The summed E-state index contributed by atoms with van der Waals surface area (Å²) in [7, 11) is 0. The van der Waals surface area contributed by atoms with E-state index in [4.69, 9.17) is 15.3 Å².